The lowest BCUT2D eigenvalue weighted by molar-refractivity contribution is -0.144. The van der Waals surface area contributed by atoms with Gasteiger partial charge >= 0.3 is 6.18 Å². The van der Waals surface area contributed by atoms with Crippen LogP contribution in [0.4, 0.5) is 19.0 Å². The molecule has 0 aliphatic rings. The molecule has 0 spiro atoms. The average molecular weight is 428 g/mol. The number of pyridine rings is 1. The summed E-state index contributed by atoms with van der Waals surface area (Å²) in [5.41, 5.74) is 2.65. The number of hydrogen-bond donors (Lipinski definition) is 2. The number of nitrogens with one attached hydrogen (secondary N) is 2. The fourth-order valence-corrected chi connectivity index (χ4v) is 2.71. The van der Waals surface area contributed by atoms with Crippen LogP contribution in [0.15, 0.2) is 42.5 Å². The summed E-state index contributed by atoms with van der Waals surface area (Å²) in [6, 6.07) is 12.9. The van der Waals surface area contributed by atoms with Gasteiger partial charge in [0.1, 0.15) is 11.6 Å². The molecule has 9 nitrogen and oxygen atoms in total. The number of benzene rings is 1. The highest BCUT2D eigenvalue weighted by molar-refractivity contribution is 6.01. The number of carbonyl (C=O) groups excluding carboxylic acids is 1. The van der Waals surface area contributed by atoms with Crippen molar-refractivity contribution < 1.29 is 18.0 Å². The van der Waals surface area contributed by atoms with Crippen molar-refractivity contribution >= 4 is 11.7 Å². The molecule has 0 saturated carbocycles. The van der Waals surface area contributed by atoms with Crippen molar-refractivity contribution in [2.45, 2.75) is 20.0 Å². The number of rotatable bonds is 4. The van der Waals surface area contributed by atoms with Gasteiger partial charge in [0.2, 0.25) is 11.6 Å². The lowest BCUT2D eigenvalue weighted by Gasteiger charge is -2.05. The molecular formula is C19H15F3N8O. The Kier molecular flexibility index (Phi) is 4.97. The van der Waals surface area contributed by atoms with Crippen LogP contribution in [-0.2, 0) is 6.18 Å². The lowest BCUT2D eigenvalue weighted by Crippen LogP contribution is -2.15. The van der Waals surface area contributed by atoms with Crippen LogP contribution in [0.5, 0.6) is 0 Å². The zero-order valence-electron chi connectivity index (χ0n) is 16.3. The van der Waals surface area contributed by atoms with Crippen molar-refractivity contribution in [2.75, 3.05) is 5.32 Å². The van der Waals surface area contributed by atoms with Crippen molar-refractivity contribution in [3.05, 3.63) is 65.5 Å². The smallest absolute Gasteiger partial charge is 0.304 e. The minimum Gasteiger partial charge on any atom is -0.304 e. The Balaban J connectivity index is 1.55. The maximum atomic E-state index is 12.7. The molecule has 0 unspecified atom stereocenters. The summed E-state index contributed by atoms with van der Waals surface area (Å²) >= 11 is 0. The van der Waals surface area contributed by atoms with E-state index in [1.807, 2.05) is 31.2 Å². The van der Waals surface area contributed by atoms with Crippen LogP contribution in [-0.4, -0.2) is 40.8 Å². The molecule has 0 aliphatic carbocycles. The van der Waals surface area contributed by atoms with Gasteiger partial charge in [0, 0.05) is 5.56 Å². The average Bonchev–Trinajstić information content (AvgIpc) is 3.35. The Labute approximate surface area is 173 Å². The Hall–Kier alpha value is -4.09. The van der Waals surface area contributed by atoms with E-state index < -0.39 is 17.9 Å². The number of aromatic nitrogens is 7. The van der Waals surface area contributed by atoms with Crippen molar-refractivity contribution in [3.8, 4) is 17.2 Å². The first-order valence-electron chi connectivity index (χ1n) is 9.00. The van der Waals surface area contributed by atoms with Crippen molar-refractivity contribution in [2.24, 2.45) is 0 Å². The minimum absolute atomic E-state index is 0.138. The number of anilines is 1. The number of hydrogen-bond acceptors (Lipinski definition) is 6. The molecule has 3 aromatic heterocycles. The van der Waals surface area contributed by atoms with Crippen LogP contribution in [0.25, 0.3) is 17.2 Å². The van der Waals surface area contributed by atoms with E-state index in [1.165, 1.54) is 6.92 Å². The first kappa shape index (κ1) is 20.2. The molecule has 158 valence electrons. The molecule has 12 heteroatoms. The molecule has 3 heterocycles. The summed E-state index contributed by atoms with van der Waals surface area (Å²) in [5, 5.41) is 11.8. The normalized spacial score (nSPS) is 11.5. The highest BCUT2D eigenvalue weighted by atomic mass is 19.4. The third-order valence-corrected chi connectivity index (χ3v) is 4.24. The molecular weight excluding hydrogens is 413 g/mol. The lowest BCUT2D eigenvalue weighted by atomic mass is 10.1. The number of carbonyl (C=O) groups is 1. The Bertz CT molecular complexity index is 1240. The second kappa shape index (κ2) is 7.63. The third-order valence-electron chi connectivity index (χ3n) is 4.24. The fourth-order valence-electron chi connectivity index (χ4n) is 2.71. The molecule has 0 aliphatic heterocycles. The van der Waals surface area contributed by atoms with Gasteiger partial charge in [-0.3, -0.25) is 9.89 Å². The molecule has 31 heavy (non-hydrogen) atoms. The molecule has 4 aromatic rings. The van der Waals surface area contributed by atoms with Gasteiger partial charge in [-0.05, 0) is 26.0 Å². The summed E-state index contributed by atoms with van der Waals surface area (Å²) in [4.78, 5) is 24.3. The third kappa shape index (κ3) is 4.27. The summed E-state index contributed by atoms with van der Waals surface area (Å²) in [6.45, 7) is 3.44. The molecule has 0 bridgehead atoms. The van der Waals surface area contributed by atoms with E-state index in [2.05, 4.69) is 30.5 Å². The molecule has 0 fully saturated rings. The maximum Gasteiger partial charge on any atom is 0.451 e. The predicted octanol–water partition coefficient (Wildman–Crippen LogP) is 3.34. The second-order valence-corrected chi connectivity index (χ2v) is 6.60. The summed E-state index contributed by atoms with van der Waals surface area (Å²) < 4.78 is 39.1. The Morgan fingerprint density at radius 1 is 1.03 bits per heavy atom. The molecule has 4 rings (SSSR count). The van der Waals surface area contributed by atoms with E-state index in [1.54, 1.807) is 23.3 Å². The molecule has 1 aromatic carbocycles. The Morgan fingerprint density at radius 2 is 1.77 bits per heavy atom. The van der Waals surface area contributed by atoms with Gasteiger partial charge in [-0.15, -0.1) is 10.2 Å². The van der Waals surface area contributed by atoms with Crippen molar-refractivity contribution in [3.63, 3.8) is 0 Å². The van der Waals surface area contributed by atoms with E-state index in [9.17, 15) is 18.0 Å². The van der Waals surface area contributed by atoms with Crippen LogP contribution in [0, 0.1) is 13.8 Å². The van der Waals surface area contributed by atoms with Gasteiger partial charge in [-0.2, -0.15) is 22.8 Å². The van der Waals surface area contributed by atoms with Gasteiger partial charge in [0.15, 0.2) is 0 Å². The second-order valence-electron chi connectivity index (χ2n) is 6.60. The molecule has 0 saturated heterocycles. The first-order valence-corrected chi connectivity index (χ1v) is 9.00. The number of alkyl halides is 3. The van der Waals surface area contributed by atoms with Gasteiger partial charge in [0.05, 0.1) is 5.69 Å². The fraction of sp³-hybridized carbons (Fsp3) is 0.158. The van der Waals surface area contributed by atoms with Crippen LogP contribution in [0.3, 0.4) is 0 Å². The van der Waals surface area contributed by atoms with Gasteiger partial charge in [-0.1, -0.05) is 35.9 Å². The summed E-state index contributed by atoms with van der Waals surface area (Å²) in [5.74, 6) is -2.19. The van der Waals surface area contributed by atoms with E-state index in [0.29, 0.717) is 5.69 Å². The Morgan fingerprint density at radius 3 is 2.45 bits per heavy atom. The summed E-state index contributed by atoms with van der Waals surface area (Å²) in [6.07, 6.45) is -4.69. The number of aryl methyl sites for hydroxylation is 2. The highest BCUT2D eigenvalue weighted by Crippen LogP contribution is 2.26. The van der Waals surface area contributed by atoms with Gasteiger partial charge in [-0.25, -0.2) is 9.97 Å². The number of amides is 1. The van der Waals surface area contributed by atoms with E-state index in [-0.39, 0.29) is 23.4 Å². The van der Waals surface area contributed by atoms with Gasteiger partial charge in [0.25, 0.3) is 11.9 Å². The van der Waals surface area contributed by atoms with Crippen LogP contribution in [0.2, 0.25) is 0 Å². The maximum absolute atomic E-state index is 12.7. The largest absolute Gasteiger partial charge is 0.451 e. The summed E-state index contributed by atoms with van der Waals surface area (Å²) in [7, 11) is 0. The quantitative estimate of drug-likeness (QED) is 0.515. The monoisotopic (exact) mass is 428 g/mol. The molecule has 0 radical (unpaired) electrons. The number of halogens is 3. The SMILES string of the molecule is Cc1ccc(-c2cccc(NC(=O)c3nc(C)n(-c4n[nH]c(C(F)(F)F)n4)n3)n2)cc1. The molecule has 0 atom stereocenters. The number of H-pyrrole nitrogens is 1. The zero-order chi connectivity index (χ0) is 22.2. The zero-order valence-corrected chi connectivity index (χ0v) is 16.3. The van der Waals surface area contributed by atoms with E-state index in [4.69, 9.17) is 0 Å². The number of aromatic amines is 1. The topological polar surface area (TPSA) is 114 Å². The predicted molar refractivity (Wildman–Crippen MR) is 103 cm³/mol. The van der Waals surface area contributed by atoms with E-state index >= 15 is 0 Å². The first-order chi connectivity index (χ1) is 14.7. The molecule has 2 N–H and O–H groups in total. The number of nitrogens with zero attached hydrogens (tertiary/aromatic N) is 6. The van der Waals surface area contributed by atoms with Crippen LogP contribution < -0.4 is 5.32 Å². The minimum atomic E-state index is -4.69. The van der Waals surface area contributed by atoms with Crippen molar-refractivity contribution in [1.82, 2.24) is 34.9 Å². The van der Waals surface area contributed by atoms with Crippen molar-refractivity contribution in [1.29, 1.82) is 0 Å². The van der Waals surface area contributed by atoms with Crippen LogP contribution in [0.1, 0.15) is 27.8 Å². The standard InChI is InChI=1S/C19H15F3N8O/c1-10-6-8-12(9-7-10)13-4-3-5-14(24-13)25-16(31)15-23-11(2)30(29-15)18-26-17(27-28-18)19(20,21)22/h3-9H,1-2H3,(H,24,25,31)(H,26,27,28). The van der Waals surface area contributed by atoms with Crippen LogP contribution >= 0.6 is 0 Å². The molecule has 1 amide bonds. The van der Waals surface area contributed by atoms with E-state index in [0.717, 1.165) is 15.8 Å². The highest BCUT2D eigenvalue weighted by Gasteiger charge is 2.35. The van der Waals surface area contributed by atoms with Gasteiger partial charge < -0.3 is 5.32 Å².